The molecule has 2 heteroatoms. The Morgan fingerprint density at radius 2 is 0.763 bits per heavy atom. The van der Waals surface area contributed by atoms with Crippen molar-refractivity contribution in [3.8, 4) is 11.1 Å². The van der Waals surface area contributed by atoms with E-state index in [4.69, 9.17) is 11.6 Å². The molecule has 0 spiro atoms. The van der Waals surface area contributed by atoms with E-state index in [9.17, 15) is 0 Å². The molecule has 0 aromatic heterocycles. The lowest BCUT2D eigenvalue weighted by Gasteiger charge is -2.26. The third-order valence-electron chi connectivity index (χ3n) is 7.30. The molecule has 0 N–H and O–H groups in total. The number of rotatable bonds is 4. The van der Waals surface area contributed by atoms with Crippen molar-refractivity contribution in [2.45, 2.75) is 0 Å². The summed E-state index contributed by atoms with van der Waals surface area (Å²) in [6.45, 7) is 0. The minimum absolute atomic E-state index is 0.726. The van der Waals surface area contributed by atoms with Crippen LogP contribution in [0.25, 0.3) is 43.4 Å². The van der Waals surface area contributed by atoms with Gasteiger partial charge in [-0.25, -0.2) is 0 Å². The van der Waals surface area contributed by atoms with Crippen LogP contribution in [-0.4, -0.2) is 0 Å². The molecule has 0 aliphatic rings. The van der Waals surface area contributed by atoms with Crippen LogP contribution in [0.3, 0.4) is 0 Å². The first-order valence-corrected chi connectivity index (χ1v) is 13.2. The highest BCUT2D eigenvalue weighted by Gasteiger charge is 2.15. The topological polar surface area (TPSA) is 3.24 Å². The summed E-state index contributed by atoms with van der Waals surface area (Å²) in [4.78, 5) is 2.30. The molecular formula is C36H24ClN. The smallest absolute Gasteiger partial charge is 0.0468 e. The van der Waals surface area contributed by atoms with E-state index >= 15 is 0 Å². The molecule has 7 rings (SSSR count). The van der Waals surface area contributed by atoms with Crippen molar-refractivity contribution in [1.29, 1.82) is 0 Å². The third-order valence-corrected chi connectivity index (χ3v) is 7.56. The number of anilines is 3. The Labute approximate surface area is 227 Å². The molecule has 7 aromatic rings. The Morgan fingerprint density at radius 1 is 0.342 bits per heavy atom. The summed E-state index contributed by atoms with van der Waals surface area (Å²) in [5.41, 5.74) is 5.66. The number of hydrogen-bond donors (Lipinski definition) is 0. The van der Waals surface area contributed by atoms with E-state index in [1.807, 2.05) is 18.2 Å². The molecule has 38 heavy (non-hydrogen) atoms. The summed E-state index contributed by atoms with van der Waals surface area (Å²) in [7, 11) is 0. The zero-order valence-electron chi connectivity index (χ0n) is 20.7. The molecule has 0 bridgehead atoms. The summed E-state index contributed by atoms with van der Waals surface area (Å²) in [5.74, 6) is 0. The largest absolute Gasteiger partial charge is 0.310 e. The molecule has 0 saturated heterocycles. The van der Waals surface area contributed by atoms with Crippen LogP contribution < -0.4 is 4.90 Å². The van der Waals surface area contributed by atoms with Gasteiger partial charge < -0.3 is 4.90 Å². The normalized spacial score (nSPS) is 11.3. The highest BCUT2D eigenvalue weighted by molar-refractivity contribution is 6.30. The minimum Gasteiger partial charge on any atom is -0.310 e. The predicted molar refractivity (Wildman–Crippen MR) is 164 cm³/mol. The maximum Gasteiger partial charge on any atom is 0.0468 e. The van der Waals surface area contributed by atoms with E-state index < -0.39 is 0 Å². The van der Waals surface area contributed by atoms with Crippen LogP contribution in [-0.2, 0) is 0 Å². The van der Waals surface area contributed by atoms with Crippen molar-refractivity contribution in [3.63, 3.8) is 0 Å². The maximum absolute atomic E-state index is 6.28. The van der Waals surface area contributed by atoms with E-state index in [-0.39, 0.29) is 0 Å². The second-order valence-electron chi connectivity index (χ2n) is 9.55. The summed E-state index contributed by atoms with van der Waals surface area (Å²) < 4.78 is 0. The standard InChI is InChI=1S/C36H24ClN/c37-27-16-20-29(21-17-27)38(28-18-14-26(15-19-28)25-8-2-1-3-9-25)30-22-23-35-33-12-5-4-10-31(33)32-11-6-7-13-34(32)36(35)24-30/h1-24H. The van der Waals surface area contributed by atoms with E-state index in [0.29, 0.717) is 0 Å². The van der Waals surface area contributed by atoms with Crippen molar-refractivity contribution in [3.05, 3.63) is 151 Å². The molecular weight excluding hydrogens is 482 g/mol. The Hall–Kier alpha value is -4.59. The molecule has 0 radical (unpaired) electrons. The Bertz CT molecular complexity index is 1870. The van der Waals surface area contributed by atoms with Gasteiger partial charge in [0.25, 0.3) is 0 Å². The van der Waals surface area contributed by atoms with Crippen LogP contribution in [0.2, 0.25) is 5.02 Å². The van der Waals surface area contributed by atoms with E-state index in [0.717, 1.165) is 22.1 Å². The van der Waals surface area contributed by atoms with Gasteiger partial charge in [0.2, 0.25) is 0 Å². The Kier molecular flexibility index (Phi) is 5.57. The van der Waals surface area contributed by atoms with Crippen molar-refractivity contribution in [1.82, 2.24) is 0 Å². The molecule has 0 unspecified atom stereocenters. The highest BCUT2D eigenvalue weighted by Crippen LogP contribution is 2.41. The fraction of sp³-hybridized carbons (Fsp3) is 0. The molecule has 0 fully saturated rings. The summed E-state index contributed by atoms with van der Waals surface area (Å²) in [6.07, 6.45) is 0. The van der Waals surface area contributed by atoms with Gasteiger partial charge in [0.05, 0.1) is 0 Å². The van der Waals surface area contributed by atoms with Crippen molar-refractivity contribution in [2.75, 3.05) is 4.90 Å². The molecule has 0 amide bonds. The third kappa shape index (κ3) is 3.89. The van der Waals surface area contributed by atoms with E-state index in [1.54, 1.807) is 0 Å². The maximum atomic E-state index is 6.28. The van der Waals surface area contributed by atoms with E-state index in [1.165, 1.54) is 43.4 Å². The molecule has 180 valence electrons. The summed E-state index contributed by atoms with van der Waals surface area (Å²) in [6, 6.07) is 51.5. The first kappa shape index (κ1) is 22.6. The molecule has 0 saturated carbocycles. The zero-order valence-corrected chi connectivity index (χ0v) is 21.4. The Morgan fingerprint density at radius 3 is 1.34 bits per heavy atom. The number of nitrogens with zero attached hydrogens (tertiary/aromatic N) is 1. The second kappa shape index (κ2) is 9.37. The Balaban J connectivity index is 1.44. The lowest BCUT2D eigenvalue weighted by atomic mass is 9.94. The number of fused-ring (bicyclic) bond motifs is 6. The molecule has 7 aromatic carbocycles. The van der Waals surface area contributed by atoms with Crippen LogP contribution in [0.1, 0.15) is 0 Å². The van der Waals surface area contributed by atoms with Gasteiger partial charge in [-0.05, 0) is 92.0 Å². The van der Waals surface area contributed by atoms with Crippen LogP contribution >= 0.6 is 11.6 Å². The zero-order chi connectivity index (χ0) is 25.5. The number of hydrogen-bond acceptors (Lipinski definition) is 1. The van der Waals surface area contributed by atoms with Gasteiger partial charge >= 0.3 is 0 Å². The second-order valence-corrected chi connectivity index (χ2v) is 9.98. The summed E-state index contributed by atoms with van der Waals surface area (Å²) in [5, 5.41) is 8.34. The van der Waals surface area contributed by atoms with Crippen LogP contribution in [0.15, 0.2) is 146 Å². The lowest BCUT2D eigenvalue weighted by Crippen LogP contribution is -2.09. The molecule has 0 aliphatic heterocycles. The number of halogens is 1. The van der Waals surface area contributed by atoms with Gasteiger partial charge in [0.1, 0.15) is 0 Å². The van der Waals surface area contributed by atoms with E-state index in [2.05, 4.69) is 132 Å². The molecule has 0 atom stereocenters. The molecule has 0 aliphatic carbocycles. The average molecular weight is 506 g/mol. The van der Waals surface area contributed by atoms with Crippen molar-refractivity contribution in [2.24, 2.45) is 0 Å². The van der Waals surface area contributed by atoms with Gasteiger partial charge in [0.15, 0.2) is 0 Å². The number of benzene rings is 7. The first-order valence-electron chi connectivity index (χ1n) is 12.8. The molecule has 0 heterocycles. The van der Waals surface area contributed by atoms with Gasteiger partial charge in [-0.2, -0.15) is 0 Å². The first-order chi connectivity index (χ1) is 18.8. The van der Waals surface area contributed by atoms with Crippen molar-refractivity contribution >= 4 is 61.0 Å². The lowest BCUT2D eigenvalue weighted by molar-refractivity contribution is 1.29. The van der Waals surface area contributed by atoms with Crippen molar-refractivity contribution < 1.29 is 0 Å². The fourth-order valence-corrected chi connectivity index (χ4v) is 5.63. The summed E-state index contributed by atoms with van der Waals surface area (Å²) >= 11 is 6.28. The van der Waals surface area contributed by atoms with Crippen LogP contribution in [0.5, 0.6) is 0 Å². The predicted octanol–water partition coefficient (Wildman–Crippen LogP) is 10.9. The highest BCUT2D eigenvalue weighted by atomic mass is 35.5. The van der Waals surface area contributed by atoms with Crippen LogP contribution in [0.4, 0.5) is 17.1 Å². The molecule has 1 nitrogen and oxygen atoms in total. The van der Waals surface area contributed by atoms with Gasteiger partial charge in [-0.3, -0.25) is 0 Å². The van der Waals surface area contributed by atoms with Crippen LogP contribution in [0, 0.1) is 0 Å². The quantitative estimate of drug-likeness (QED) is 0.215. The fourth-order valence-electron chi connectivity index (χ4n) is 5.51. The minimum atomic E-state index is 0.726. The van der Waals surface area contributed by atoms with Gasteiger partial charge in [-0.15, -0.1) is 0 Å². The average Bonchev–Trinajstić information content (AvgIpc) is 2.99. The van der Waals surface area contributed by atoms with Gasteiger partial charge in [0, 0.05) is 22.1 Å². The van der Waals surface area contributed by atoms with Gasteiger partial charge in [-0.1, -0.05) is 109 Å². The SMILES string of the molecule is Clc1ccc(N(c2ccc(-c3ccccc3)cc2)c2ccc3c4ccccc4c4ccccc4c3c2)cc1. The monoisotopic (exact) mass is 505 g/mol.